The number of hydrogen-bond donors (Lipinski definition) is 1. The lowest BCUT2D eigenvalue weighted by Gasteiger charge is -2.27. The predicted molar refractivity (Wildman–Crippen MR) is 63.8 cm³/mol. The summed E-state index contributed by atoms with van der Waals surface area (Å²) in [4.78, 5) is 13.7. The Morgan fingerprint density at radius 3 is 2.62 bits per heavy atom. The second-order valence-electron chi connectivity index (χ2n) is 4.35. The average Bonchev–Trinajstić information content (AvgIpc) is 2.61. The molecule has 2 rings (SSSR count). The maximum Gasteiger partial charge on any atom is 0.224 e. The maximum atomic E-state index is 11.8. The number of likely N-dealkylation sites (tertiary alicyclic amines) is 1. The van der Waals surface area contributed by atoms with Crippen LogP contribution in [0.25, 0.3) is 0 Å². The molecule has 3 nitrogen and oxygen atoms in total. The largest absolute Gasteiger partial charge is 0.334 e. The van der Waals surface area contributed by atoms with E-state index in [1.165, 1.54) is 5.56 Å². The summed E-state index contributed by atoms with van der Waals surface area (Å²) in [6.07, 6.45) is 1.42. The molecule has 1 heterocycles. The molecular weight excluding hydrogens is 200 g/mol. The number of hydrogen-bond acceptors (Lipinski definition) is 2. The highest BCUT2D eigenvalue weighted by Gasteiger charge is 2.32. The second-order valence-corrected chi connectivity index (χ2v) is 4.35. The maximum absolute atomic E-state index is 11.8. The molecule has 2 N–H and O–H groups in total. The Kier molecular flexibility index (Phi) is 3.25. The Morgan fingerprint density at radius 1 is 1.44 bits per heavy atom. The van der Waals surface area contributed by atoms with Crippen LogP contribution in [0.3, 0.4) is 0 Å². The van der Waals surface area contributed by atoms with Gasteiger partial charge in [0.15, 0.2) is 0 Å². The normalized spacial score (nSPS) is 22.5. The molecule has 0 aliphatic carbocycles. The fourth-order valence-electron chi connectivity index (χ4n) is 2.37. The lowest BCUT2D eigenvalue weighted by molar-refractivity contribution is -0.129. The molecule has 86 valence electrons. The van der Waals surface area contributed by atoms with Gasteiger partial charge in [-0.1, -0.05) is 37.3 Å². The number of benzene rings is 1. The van der Waals surface area contributed by atoms with Crippen LogP contribution >= 0.6 is 0 Å². The molecule has 0 saturated carbocycles. The molecular formula is C13H18N2O. The van der Waals surface area contributed by atoms with Crippen molar-refractivity contribution >= 4 is 5.91 Å². The van der Waals surface area contributed by atoms with Gasteiger partial charge in [0, 0.05) is 19.0 Å². The Bertz CT molecular complexity index is 363. The number of amides is 1. The van der Waals surface area contributed by atoms with E-state index in [0.29, 0.717) is 13.0 Å². The van der Waals surface area contributed by atoms with E-state index in [0.717, 1.165) is 6.42 Å². The zero-order valence-corrected chi connectivity index (χ0v) is 9.60. The summed E-state index contributed by atoms with van der Waals surface area (Å²) >= 11 is 0. The van der Waals surface area contributed by atoms with E-state index in [1.54, 1.807) is 0 Å². The van der Waals surface area contributed by atoms with E-state index in [-0.39, 0.29) is 18.0 Å². The lowest BCUT2D eigenvalue weighted by atomic mass is 10.0. The van der Waals surface area contributed by atoms with Crippen LogP contribution < -0.4 is 5.73 Å². The molecule has 2 unspecified atom stereocenters. The first-order valence-corrected chi connectivity index (χ1v) is 5.82. The fourth-order valence-corrected chi connectivity index (χ4v) is 2.37. The lowest BCUT2D eigenvalue weighted by Crippen LogP contribution is -2.32. The summed E-state index contributed by atoms with van der Waals surface area (Å²) in [5, 5.41) is 0. The van der Waals surface area contributed by atoms with Gasteiger partial charge in [-0.25, -0.2) is 0 Å². The van der Waals surface area contributed by atoms with Gasteiger partial charge in [0.1, 0.15) is 0 Å². The van der Waals surface area contributed by atoms with Crippen LogP contribution in [0.2, 0.25) is 0 Å². The first-order valence-electron chi connectivity index (χ1n) is 5.82. The third-order valence-corrected chi connectivity index (χ3v) is 3.14. The van der Waals surface area contributed by atoms with Gasteiger partial charge >= 0.3 is 0 Å². The first kappa shape index (κ1) is 11.1. The molecule has 3 heteroatoms. The molecule has 1 aromatic rings. The minimum Gasteiger partial charge on any atom is -0.334 e. The number of carbonyl (C=O) groups is 1. The van der Waals surface area contributed by atoms with E-state index >= 15 is 0 Å². The molecule has 0 bridgehead atoms. The van der Waals surface area contributed by atoms with Crippen molar-refractivity contribution in [3.63, 3.8) is 0 Å². The fraction of sp³-hybridized carbons (Fsp3) is 0.462. The molecule has 2 atom stereocenters. The van der Waals surface area contributed by atoms with Gasteiger partial charge in [-0.05, 0) is 12.0 Å². The quantitative estimate of drug-likeness (QED) is 0.839. The van der Waals surface area contributed by atoms with Crippen molar-refractivity contribution in [3.8, 4) is 0 Å². The molecule has 0 spiro atoms. The van der Waals surface area contributed by atoms with Gasteiger partial charge in [0.05, 0.1) is 6.04 Å². The zero-order valence-electron chi connectivity index (χ0n) is 9.60. The summed E-state index contributed by atoms with van der Waals surface area (Å²) in [6, 6.07) is 10.4. The average molecular weight is 218 g/mol. The van der Waals surface area contributed by atoms with Crippen molar-refractivity contribution in [2.24, 2.45) is 5.73 Å². The highest BCUT2D eigenvalue weighted by atomic mass is 16.2. The molecule has 1 aliphatic heterocycles. The molecule has 0 aromatic heterocycles. The van der Waals surface area contributed by atoms with E-state index < -0.39 is 0 Å². The molecule has 1 amide bonds. The molecule has 1 fully saturated rings. The standard InChI is InChI=1S/C13H18N2O/c1-2-12(10-6-4-3-5-7-10)15-9-11(14)8-13(15)16/h3-7,11-12H,2,8-9,14H2,1H3. The summed E-state index contributed by atoms with van der Waals surface area (Å²) in [5.41, 5.74) is 7.02. The number of nitrogens with zero attached hydrogens (tertiary/aromatic N) is 1. The number of carbonyl (C=O) groups excluding carboxylic acids is 1. The van der Waals surface area contributed by atoms with Gasteiger partial charge < -0.3 is 10.6 Å². The topological polar surface area (TPSA) is 46.3 Å². The predicted octanol–water partition coefficient (Wildman–Crippen LogP) is 1.70. The smallest absolute Gasteiger partial charge is 0.224 e. The number of nitrogens with two attached hydrogens (primary N) is 1. The van der Waals surface area contributed by atoms with Gasteiger partial charge in [0.2, 0.25) is 5.91 Å². The second kappa shape index (κ2) is 4.66. The van der Waals surface area contributed by atoms with Gasteiger partial charge in [-0.2, -0.15) is 0 Å². The number of rotatable bonds is 3. The SMILES string of the molecule is CCC(c1ccccc1)N1CC(N)CC1=O. The Labute approximate surface area is 96.2 Å². The van der Waals surface area contributed by atoms with Gasteiger partial charge in [-0.3, -0.25) is 4.79 Å². The Balaban J connectivity index is 2.20. The molecule has 1 aromatic carbocycles. The van der Waals surface area contributed by atoms with Crippen LogP contribution in [-0.2, 0) is 4.79 Å². The zero-order chi connectivity index (χ0) is 11.5. The minimum absolute atomic E-state index is 0.00487. The molecule has 1 saturated heterocycles. The van der Waals surface area contributed by atoms with Crippen molar-refractivity contribution in [1.82, 2.24) is 4.90 Å². The first-order chi connectivity index (χ1) is 7.72. The van der Waals surface area contributed by atoms with E-state index in [4.69, 9.17) is 5.73 Å². The van der Waals surface area contributed by atoms with E-state index in [9.17, 15) is 4.79 Å². The monoisotopic (exact) mass is 218 g/mol. The summed E-state index contributed by atoms with van der Waals surface area (Å²) in [7, 11) is 0. The van der Waals surface area contributed by atoms with Crippen molar-refractivity contribution in [3.05, 3.63) is 35.9 Å². The van der Waals surface area contributed by atoms with Crippen LogP contribution in [0.1, 0.15) is 31.4 Å². The Morgan fingerprint density at radius 2 is 2.12 bits per heavy atom. The van der Waals surface area contributed by atoms with Crippen LogP contribution in [0.15, 0.2) is 30.3 Å². The van der Waals surface area contributed by atoms with Crippen LogP contribution in [0, 0.1) is 0 Å². The van der Waals surface area contributed by atoms with Crippen molar-refractivity contribution < 1.29 is 4.79 Å². The minimum atomic E-state index is 0.00487. The van der Waals surface area contributed by atoms with Crippen molar-refractivity contribution in [2.45, 2.75) is 31.8 Å². The van der Waals surface area contributed by atoms with Crippen molar-refractivity contribution in [1.29, 1.82) is 0 Å². The highest BCUT2D eigenvalue weighted by molar-refractivity contribution is 5.79. The van der Waals surface area contributed by atoms with E-state index in [2.05, 4.69) is 19.1 Å². The highest BCUT2D eigenvalue weighted by Crippen LogP contribution is 2.27. The Hall–Kier alpha value is -1.35. The van der Waals surface area contributed by atoms with Crippen LogP contribution in [-0.4, -0.2) is 23.4 Å². The van der Waals surface area contributed by atoms with Crippen LogP contribution in [0.4, 0.5) is 0 Å². The molecule has 16 heavy (non-hydrogen) atoms. The third-order valence-electron chi connectivity index (χ3n) is 3.14. The molecule has 1 aliphatic rings. The summed E-state index contributed by atoms with van der Waals surface area (Å²) in [6.45, 7) is 2.79. The molecule has 0 radical (unpaired) electrons. The van der Waals surface area contributed by atoms with Gasteiger partial charge in [0.25, 0.3) is 0 Å². The summed E-state index contributed by atoms with van der Waals surface area (Å²) < 4.78 is 0. The van der Waals surface area contributed by atoms with Crippen molar-refractivity contribution in [2.75, 3.05) is 6.54 Å². The van der Waals surface area contributed by atoms with Gasteiger partial charge in [-0.15, -0.1) is 0 Å². The van der Waals surface area contributed by atoms with Crippen LogP contribution in [0.5, 0.6) is 0 Å². The van der Waals surface area contributed by atoms with E-state index in [1.807, 2.05) is 23.1 Å². The third kappa shape index (κ3) is 2.09. The summed E-state index contributed by atoms with van der Waals surface area (Å²) in [5.74, 6) is 0.184.